The van der Waals surface area contributed by atoms with Gasteiger partial charge in [-0.05, 0) is 38.5 Å². The van der Waals surface area contributed by atoms with Crippen molar-refractivity contribution in [2.24, 2.45) is 17.8 Å². The van der Waals surface area contributed by atoms with E-state index in [9.17, 15) is 22.8 Å². The molecule has 0 aromatic carbocycles. The number of halogens is 3. The summed E-state index contributed by atoms with van der Waals surface area (Å²) < 4.78 is 37.7. The average Bonchev–Trinajstić information content (AvgIpc) is 2.86. The third-order valence-corrected chi connectivity index (χ3v) is 4.72. The molecule has 7 heteroatoms. The van der Waals surface area contributed by atoms with Gasteiger partial charge in [-0.25, -0.2) is 0 Å². The zero-order valence-corrected chi connectivity index (χ0v) is 11.7. The van der Waals surface area contributed by atoms with Crippen molar-refractivity contribution in [3.63, 3.8) is 0 Å². The van der Waals surface area contributed by atoms with Crippen LogP contribution in [0.1, 0.15) is 44.9 Å². The molecule has 2 fully saturated rings. The van der Waals surface area contributed by atoms with Crippen LogP contribution in [0.2, 0.25) is 0 Å². The average molecular weight is 307 g/mol. The Morgan fingerprint density at radius 1 is 1.00 bits per heavy atom. The molecule has 0 bridgehead atoms. The lowest BCUT2D eigenvalue weighted by Gasteiger charge is -2.30. The first-order valence-corrected chi connectivity index (χ1v) is 7.39. The summed E-state index contributed by atoms with van der Waals surface area (Å²) in [5.74, 6) is -3.49. The maximum atomic E-state index is 12.6. The Balaban J connectivity index is 1.84. The number of hydrogen-bond acceptors (Lipinski definition) is 2. The topological polar surface area (TPSA) is 66.4 Å². The van der Waals surface area contributed by atoms with Gasteiger partial charge in [0.25, 0.3) is 0 Å². The van der Waals surface area contributed by atoms with Crippen molar-refractivity contribution < 1.29 is 27.9 Å². The Bertz CT molecular complexity index is 403. The molecule has 0 aromatic rings. The molecule has 2 aliphatic carbocycles. The summed E-state index contributed by atoms with van der Waals surface area (Å²) in [6.07, 6.45) is -1.85. The minimum atomic E-state index is -4.18. The molecule has 1 amide bonds. The normalized spacial score (nSPS) is 33.7. The highest BCUT2D eigenvalue weighted by Gasteiger charge is 2.43. The summed E-state index contributed by atoms with van der Waals surface area (Å²) in [5, 5.41) is 11.8. The first kappa shape index (κ1) is 16.1. The van der Waals surface area contributed by atoms with Crippen LogP contribution in [0.5, 0.6) is 0 Å². The molecular formula is C14H20F3NO3. The largest absolute Gasteiger partial charge is 0.481 e. The molecule has 0 saturated heterocycles. The molecule has 2 rings (SSSR count). The molecule has 0 aliphatic heterocycles. The molecular weight excluding hydrogens is 287 g/mol. The van der Waals surface area contributed by atoms with Crippen molar-refractivity contribution >= 4 is 11.9 Å². The minimum Gasteiger partial charge on any atom is -0.481 e. The summed E-state index contributed by atoms with van der Waals surface area (Å²) in [6.45, 7) is 0. The van der Waals surface area contributed by atoms with Gasteiger partial charge in [0.05, 0.1) is 11.8 Å². The van der Waals surface area contributed by atoms with Gasteiger partial charge in [-0.2, -0.15) is 13.2 Å². The van der Waals surface area contributed by atoms with E-state index in [0.29, 0.717) is 12.8 Å². The van der Waals surface area contributed by atoms with E-state index in [-0.39, 0.29) is 37.6 Å². The number of hydrogen-bond donors (Lipinski definition) is 2. The monoisotopic (exact) mass is 307 g/mol. The van der Waals surface area contributed by atoms with Crippen LogP contribution in [0, 0.1) is 17.8 Å². The Kier molecular flexibility index (Phi) is 4.78. The second kappa shape index (κ2) is 6.23. The SMILES string of the molecule is O=C(NC1CCCC1C(=O)O)C1CCC(C(F)(F)F)CC1. The summed E-state index contributed by atoms with van der Waals surface area (Å²) in [7, 11) is 0. The third-order valence-electron chi connectivity index (χ3n) is 4.72. The fourth-order valence-electron chi connectivity index (χ4n) is 3.41. The first-order chi connectivity index (χ1) is 9.79. The number of carboxylic acid groups (broad SMARTS) is 1. The lowest BCUT2D eigenvalue weighted by molar-refractivity contribution is -0.184. The Morgan fingerprint density at radius 3 is 2.14 bits per heavy atom. The molecule has 2 saturated carbocycles. The summed E-state index contributed by atoms with van der Waals surface area (Å²) in [5.41, 5.74) is 0. The molecule has 2 atom stereocenters. The molecule has 21 heavy (non-hydrogen) atoms. The van der Waals surface area contributed by atoms with E-state index in [1.54, 1.807) is 0 Å². The Morgan fingerprint density at radius 2 is 1.62 bits per heavy atom. The van der Waals surface area contributed by atoms with Crippen LogP contribution in [0.3, 0.4) is 0 Å². The van der Waals surface area contributed by atoms with E-state index in [2.05, 4.69) is 5.32 Å². The van der Waals surface area contributed by atoms with Gasteiger partial charge in [0, 0.05) is 12.0 Å². The van der Waals surface area contributed by atoms with E-state index in [4.69, 9.17) is 5.11 Å². The molecule has 2 aliphatic rings. The second-order valence-corrected chi connectivity index (χ2v) is 6.08. The van der Waals surface area contributed by atoms with Gasteiger partial charge in [-0.15, -0.1) is 0 Å². The lowest BCUT2D eigenvalue weighted by atomic mass is 9.81. The first-order valence-electron chi connectivity index (χ1n) is 7.39. The molecule has 120 valence electrons. The summed E-state index contributed by atoms with van der Waals surface area (Å²) in [4.78, 5) is 23.1. The molecule has 0 aromatic heterocycles. The van der Waals surface area contributed by atoms with Crippen LogP contribution in [-0.4, -0.2) is 29.2 Å². The fourth-order valence-corrected chi connectivity index (χ4v) is 3.41. The highest BCUT2D eigenvalue weighted by Crippen LogP contribution is 2.39. The van der Waals surface area contributed by atoms with Crippen LogP contribution in [0.4, 0.5) is 13.2 Å². The van der Waals surface area contributed by atoms with Crippen molar-refractivity contribution in [1.82, 2.24) is 5.32 Å². The molecule has 2 N–H and O–H groups in total. The highest BCUT2D eigenvalue weighted by molar-refractivity contribution is 5.80. The smallest absolute Gasteiger partial charge is 0.391 e. The standard InChI is InChI=1S/C14H20F3NO3/c15-14(16,17)9-6-4-8(5-7-9)12(19)18-11-3-1-2-10(11)13(20)21/h8-11H,1-7H2,(H,18,19)(H,20,21). The molecule has 4 nitrogen and oxygen atoms in total. The second-order valence-electron chi connectivity index (χ2n) is 6.08. The molecule has 0 spiro atoms. The van der Waals surface area contributed by atoms with Crippen LogP contribution in [0.15, 0.2) is 0 Å². The van der Waals surface area contributed by atoms with Crippen LogP contribution in [0.25, 0.3) is 0 Å². The zero-order valence-electron chi connectivity index (χ0n) is 11.7. The highest BCUT2D eigenvalue weighted by atomic mass is 19.4. The number of alkyl halides is 3. The van der Waals surface area contributed by atoms with Crippen molar-refractivity contribution in [1.29, 1.82) is 0 Å². The predicted molar refractivity (Wildman–Crippen MR) is 68.4 cm³/mol. The number of amides is 1. The van der Waals surface area contributed by atoms with E-state index >= 15 is 0 Å². The molecule has 0 heterocycles. The molecule has 0 radical (unpaired) electrons. The predicted octanol–water partition coefficient (Wildman–Crippen LogP) is 2.72. The quantitative estimate of drug-likeness (QED) is 0.842. The number of aliphatic carboxylic acids is 1. The Hall–Kier alpha value is -1.27. The fraction of sp³-hybridized carbons (Fsp3) is 0.857. The molecule has 2 unspecified atom stereocenters. The van der Waals surface area contributed by atoms with E-state index < -0.39 is 29.9 Å². The number of carbonyl (C=O) groups is 2. The van der Waals surface area contributed by atoms with Crippen molar-refractivity contribution in [2.75, 3.05) is 0 Å². The number of nitrogens with one attached hydrogen (secondary N) is 1. The van der Waals surface area contributed by atoms with Crippen molar-refractivity contribution in [3.8, 4) is 0 Å². The third kappa shape index (κ3) is 3.89. The van der Waals surface area contributed by atoms with Crippen LogP contribution < -0.4 is 5.32 Å². The van der Waals surface area contributed by atoms with Gasteiger partial charge in [0.1, 0.15) is 0 Å². The van der Waals surface area contributed by atoms with Gasteiger partial charge < -0.3 is 10.4 Å². The number of carbonyl (C=O) groups excluding carboxylic acids is 1. The number of rotatable bonds is 3. The maximum Gasteiger partial charge on any atom is 0.391 e. The number of carboxylic acids is 1. The van der Waals surface area contributed by atoms with E-state index in [1.807, 2.05) is 0 Å². The maximum absolute atomic E-state index is 12.6. The van der Waals surface area contributed by atoms with Gasteiger partial charge in [-0.1, -0.05) is 6.42 Å². The minimum absolute atomic E-state index is 0.0192. The van der Waals surface area contributed by atoms with Gasteiger partial charge in [-0.3, -0.25) is 9.59 Å². The lowest BCUT2D eigenvalue weighted by Crippen LogP contribution is -2.44. The van der Waals surface area contributed by atoms with Crippen molar-refractivity contribution in [2.45, 2.75) is 57.2 Å². The van der Waals surface area contributed by atoms with Crippen LogP contribution in [-0.2, 0) is 9.59 Å². The zero-order chi connectivity index (χ0) is 15.6. The summed E-state index contributed by atoms with van der Waals surface area (Å²) >= 11 is 0. The van der Waals surface area contributed by atoms with Crippen LogP contribution >= 0.6 is 0 Å². The van der Waals surface area contributed by atoms with E-state index in [0.717, 1.165) is 6.42 Å². The van der Waals surface area contributed by atoms with Gasteiger partial charge in [0.15, 0.2) is 0 Å². The Labute approximate surface area is 121 Å². The van der Waals surface area contributed by atoms with E-state index in [1.165, 1.54) is 0 Å². The van der Waals surface area contributed by atoms with Gasteiger partial charge >= 0.3 is 12.1 Å². The van der Waals surface area contributed by atoms with Gasteiger partial charge in [0.2, 0.25) is 5.91 Å². The summed E-state index contributed by atoms with van der Waals surface area (Å²) in [6, 6.07) is -0.379. The van der Waals surface area contributed by atoms with Crippen molar-refractivity contribution in [3.05, 3.63) is 0 Å².